The minimum Gasteiger partial charge on any atom is -0.348 e. The summed E-state index contributed by atoms with van der Waals surface area (Å²) < 4.78 is 2.23. The maximum Gasteiger partial charge on any atom is 0.259 e. The molecule has 0 saturated carbocycles. The number of hydrogen-bond donors (Lipinski definition) is 1. The van der Waals surface area contributed by atoms with Crippen LogP contribution in [0.15, 0.2) is 23.1 Å². The number of H-pyrrole nitrogens is 1. The van der Waals surface area contributed by atoms with E-state index in [9.17, 15) is 9.59 Å². The summed E-state index contributed by atoms with van der Waals surface area (Å²) in [5, 5.41) is 0.676. The summed E-state index contributed by atoms with van der Waals surface area (Å²) in [6.07, 6.45) is 3.78. The van der Waals surface area contributed by atoms with Crippen LogP contribution in [-0.2, 0) is 17.8 Å². The fourth-order valence-corrected chi connectivity index (χ4v) is 5.03. The Balaban J connectivity index is 1.51. The SMILES string of the molecule is CC[C@H]1c2cccn2CCN1C(=O)CCc1nc2sc(C)c(C)c2c(=O)[nH]1. The highest BCUT2D eigenvalue weighted by Crippen LogP contribution is 2.29. The second-order valence-corrected chi connectivity index (χ2v) is 8.32. The normalized spacial score (nSPS) is 16.7. The van der Waals surface area contributed by atoms with Crippen molar-refractivity contribution >= 4 is 27.5 Å². The smallest absolute Gasteiger partial charge is 0.259 e. The van der Waals surface area contributed by atoms with Crippen LogP contribution in [0.4, 0.5) is 0 Å². The Morgan fingerprint density at radius 3 is 2.96 bits per heavy atom. The highest BCUT2D eigenvalue weighted by atomic mass is 32.1. The van der Waals surface area contributed by atoms with Gasteiger partial charge in [-0.3, -0.25) is 9.59 Å². The number of nitrogens with one attached hydrogen (secondary N) is 1. The van der Waals surface area contributed by atoms with Gasteiger partial charge in [-0.15, -0.1) is 11.3 Å². The van der Waals surface area contributed by atoms with Crippen molar-refractivity contribution in [2.24, 2.45) is 0 Å². The second kappa shape index (κ2) is 6.96. The number of carbonyl (C=O) groups excluding carboxylic acids is 1. The largest absolute Gasteiger partial charge is 0.348 e. The zero-order chi connectivity index (χ0) is 19.1. The first-order valence-corrected chi connectivity index (χ1v) is 10.2. The highest BCUT2D eigenvalue weighted by Gasteiger charge is 2.29. The van der Waals surface area contributed by atoms with Crippen LogP contribution in [0, 0.1) is 13.8 Å². The fraction of sp³-hybridized carbons (Fsp3) is 0.450. The molecular weight excluding hydrogens is 360 g/mol. The molecule has 1 aliphatic heterocycles. The highest BCUT2D eigenvalue weighted by molar-refractivity contribution is 7.18. The van der Waals surface area contributed by atoms with Gasteiger partial charge in [-0.05, 0) is 38.0 Å². The number of fused-ring (bicyclic) bond motifs is 2. The number of aryl methyl sites for hydroxylation is 3. The lowest BCUT2D eigenvalue weighted by Gasteiger charge is -2.36. The van der Waals surface area contributed by atoms with Gasteiger partial charge in [-0.25, -0.2) is 4.98 Å². The molecule has 0 bridgehead atoms. The van der Waals surface area contributed by atoms with Crippen LogP contribution < -0.4 is 5.56 Å². The van der Waals surface area contributed by atoms with E-state index < -0.39 is 0 Å². The van der Waals surface area contributed by atoms with Gasteiger partial charge in [0.25, 0.3) is 5.56 Å². The molecule has 1 aliphatic rings. The molecular formula is C20H24N4O2S. The average Bonchev–Trinajstić information content (AvgIpc) is 3.23. The summed E-state index contributed by atoms with van der Waals surface area (Å²) in [5.41, 5.74) is 2.09. The topological polar surface area (TPSA) is 71.0 Å². The third-order valence-corrected chi connectivity index (χ3v) is 6.64. The van der Waals surface area contributed by atoms with Crippen molar-refractivity contribution in [2.75, 3.05) is 6.54 Å². The quantitative estimate of drug-likeness (QED) is 0.750. The van der Waals surface area contributed by atoms with E-state index in [0.29, 0.717) is 24.1 Å². The van der Waals surface area contributed by atoms with E-state index in [1.165, 1.54) is 17.0 Å². The molecule has 4 rings (SSSR count). The summed E-state index contributed by atoms with van der Waals surface area (Å²) in [4.78, 5) is 36.6. The van der Waals surface area contributed by atoms with Crippen LogP contribution in [0.2, 0.25) is 0 Å². The van der Waals surface area contributed by atoms with Crippen LogP contribution in [0.3, 0.4) is 0 Å². The zero-order valence-corrected chi connectivity index (χ0v) is 16.7. The lowest BCUT2D eigenvalue weighted by Crippen LogP contribution is -2.41. The minimum atomic E-state index is -0.105. The summed E-state index contributed by atoms with van der Waals surface area (Å²) >= 11 is 1.54. The summed E-state index contributed by atoms with van der Waals surface area (Å²) in [6, 6.07) is 4.27. The van der Waals surface area contributed by atoms with Crippen LogP contribution >= 0.6 is 11.3 Å². The third kappa shape index (κ3) is 3.10. The van der Waals surface area contributed by atoms with Crippen molar-refractivity contribution in [3.63, 3.8) is 0 Å². The number of aromatic nitrogens is 3. The Morgan fingerprint density at radius 1 is 1.37 bits per heavy atom. The summed E-state index contributed by atoms with van der Waals surface area (Å²) in [5.74, 6) is 0.714. The molecule has 0 radical (unpaired) electrons. The number of aromatic amines is 1. The molecule has 0 unspecified atom stereocenters. The Bertz CT molecular complexity index is 1060. The van der Waals surface area contributed by atoms with Crippen molar-refractivity contribution in [1.29, 1.82) is 0 Å². The number of rotatable bonds is 4. The maximum absolute atomic E-state index is 12.9. The molecule has 1 amide bonds. The first kappa shape index (κ1) is 18.0. The molecule has 0 saturated heterocycles. The van der Waals surface area contributed by atoms with Gasteiger partial charge in [-0.1, -0.05) is 6.92 Å². The molecule has 1 N–H and O–H groups in total. The molecule has 1 atom stereocenters. The first-order chi connectivity index (χ1) is 13.0. The lowest BCUT2D eigenvalue weighted by molar-refractivity contribution is -0.134. The van der Waals surface area contributed by atoms with Gasteiger partial charge in [0.15, 0.2) is 0 Å². The minimum absolute atomic E-state index is 0.105. The van der Waals surface area contributed by atoms with E-state index in [2.05, 4.69) is 33.7 Å². The van der Waals surface area contributed by atoms with Gasteiger partial charge in [0, 0.05) is 42.7 Å². The van der Waals surface area contributed by atoms with Gasteiger partial charge in [0.05, 0.1) is 11.4 Å². The van der Waals surface area contributed by atoms with E-state index in [1.54, 1.807) is 0 Å². The average molecular weight is 385 g/mol. The monoisotopic (exact) mass is 384 g/mol. The predicted molar refractivity (Wildman–Crippen MR) is 107 cm³/mol. The molecule has 0 aliphatic carbocycles. The van der Waals surface area contributed by atoms with E-state index in [-0.39, 0.29) is 17.5 Å². The first-order valence-electron chi connectivity index (χ1n) is 9.43. The number of hydrogen-bond acceptors (Lipinski definition) is 4. The Morgan fingerprint density at radius 2 is 2.19 bits per heavy atom. The predicted octanol–water partition coefficient (Wildman–Crippen LogP) is 3.33. The van der Waals surface area contributed by atoms with Gasteiger partial charge < -0.3 is 14.5 Å². The van der Waals surface area contributed by atoms with Gasteiger partial charge >= 0.3 is 0 Å². The van der Waals surface area contributed by atoms with Crippen molar-refractivity contribution in [1.82, 2.24) is 19.4 Å². The number of nitrogens with zero attached hydrogens (tertiary/aromatic N) is 3. The fourth-order valence-electron chi connectivity index (χ4n) is 3.98. The number of carbonyl (C=O) groups is 1. The van der Waals surface area contributed by atoms with E-state index >= 15 is 0 Å². The molecule has 0 spiro atoms. The van der Waals surface area contributed by atoms with Crippen LogP contribution in [-0.4, -0.2) is 31.9 Å². The Hall–Kier alpha value is -2.41. The van der Waals surface area contributed by atoms with Crippen LogP contribution in [0.5, 0.6) is 0 Å². The van der Waals surface area contributed by atoms with Crippen LogP contribution in [0.1, 0.15) is 47.8 Å². The third-order valence-electron chi connectivity index (χ3n) is 5.53. The molecule has 142 valence electrons. The molecule has 0 aromatic carbocycles. The number of thiophene rings is 1. The second-order valence-electron chi connectivity index (χ2n) is 7.11. The molecule has 0 fully saturated rings. The van der Waals surface area contributed by atoms with Crippen molar-refractivity contribution in [3.05, 3.63) is 50.6 Å². The standard InChI is InChI=1S/C20H24N4O2S/c1-4-14-15-6-5-9-23(15)10-11-24(14)17(25)8-7-16-21-19(26)18-12(2)13(3)27-20(18)22-16/h5-6,9,14H,4,7-8,10-11H2,1-3H3,(H,21,22,26)/t14-/m0/s1. The summed E-state index contributed by atoms with van der Waals surface area (Å²) in [7, 11) is 0. The Labute approximate surface area is 161 Å². The molecule has 3 aromatic rings. The van der Waals surface area contributed by atoms with Crippen molar-refractivity contribution in [2.45, 2.75) is 52.6 Å². The molecule has 3 aromatic heterocycles. The van der Waals surface area contributed by atoms with Gasteiger partial charge in [-0.2, -0.15) is 0 Å². The van der Waals surface area contributed by atoms with E-state index in [4.69, 9.17) is 0 Å². The van der Waals surface area contributed by atoms with Crippen molar-refractivity contribution in [3.8, 4) is 0 Å². The molecule has 6 nitrogen and oxygen atoms in total. The molecule has 4 heterocycles. The van der Waals surface area contributed by atoms with Crippen LogP contribution in [0.25, 0.3) is 10.2 Å². The molecule has 7 heteroatoms. The van der Waals surface area contributed by atoms with E-state index in [1.807, 2.05) is 24.8 Å². The Kier molecular flexibility index (Phi) is 4.63. The maximum atomic E-state index is 12.9. The van der Waals surface area contributed by atoms with Gasteiger partial charge in [0.2, 0.25) is 5.91 Å². The van der Waals surface area contributed by atoms with Gasteiger partial charge in [0.1, 0.15) is 10.7 Å². The zero-order valence-electron chi connectivity index (χ0n) is 15.9. The molecule has 27 heavy (non-hydrogen) atoms. The summed E-state index contributed by atoms with van der Waals surface area (Å²) in [6.45, 7) is 7.62. The number of amides is 1. The lowest BCUT2D eigenvalue weighted by atomic mass is 10.1. The van der Waals surface area contributed by atoms with E-state index in [0.717, 1.165) is 34.8 Å². The van der Waals surface area contributed by atoms with Crippen molar-refractivity contribution < 1.29 is 4.79 Å².